The highest BCUT2D eigenvalue weighted by atomic mass is 32.1. The molecule has 1 aliphatic carbocycles. The normalized spacial score (nSPS) is 15.3. The van der Waals surface area contributed by atoms with Crippen LogP contribution in [0.25, 0.3) is 10.2 Å². The van der Waals surface area contributed by atoms with Crippen molar-refractivity contribution in [3.63, 3.8) is 0 Å². The van der Waals surface area contributed by atoms with Gasteiger partial charge in [0.05, 0.1) is 18.3 Å². The van der Waals surface area contributed by atoms with E-state index >= 15 is 0 Å². The van der Waals surface area contributed by atoms with Crippen molar-refractivity contribution in [1.29, 1.82) is 0 Å². The lowest BCUT2D eigenvalue weighted by Gasteiger charge is -2.09. The molecule has 1 N–H and O–H groups in total. The number of imidazole rings is 1. The number of aromatic amines is 1. The van der Waals surface area contributed by atoms with E-state index in [0.717, 1.165) is 34.6 Å². The Labute approximate surface area is 138 Å². The minimum atomic E-state index is 0.0714. The molecule has 5 nitrogen and oxygen atoms in total. The molecule has 0 unspecified atom stereocenters. The first kappa shape index (κ1) is 14.6. The van der Waals surface area contributed by atoms with E-state index in [1.54, 1.807) is 28.4 Å². The molecular weight excluding hydrogens is 308 g/mol. The number of aromatic nitrogens is 4. The zero-order valence-corrected chi connectivity index (χ0v) is 14.1. The van der Waals surface area contributed by atoms with Crippen LogP contribution in [0, 0.1) is 6.92 Å². The summed E-state index contributed by atoms with van der Waals surface area (Å²) in [5.41, 5.74) is 2.33. The number of hydrogen-bond acceptors (Lipinski definition) is 4. The number of nitrogens with one attached hydrogen (secondary N) is 1. The molecule has 1 aliphatic rings. The van der Waals surface area contributed by atoms with E-state index in [4.69, 9.17) is 0 Å². The van der Waals surface area contributed by atoms with Crippen LogP contribution in [-0.2, 0) is 19.4 Å². The van der Waals surface area contributed by atoms with Crippen LogP contribution in [0.5, 0.6) is 0 Å². The fraction of sp³-hybridized carbons (Fsp3) is 0.471. The summed E-state index contributed by atoms with van der Waals surface area (Å²) in [6.45, 7) is 2.41. The van der Waals surface area contributed by atoms with Crippen LogP contribution >= 0.6 is 11.3 Å². The van der Waals surface area contributed by atoms with Gasteiger partial charge in [-0.3, -0.25) is 9.36 Å². The van der Waals surface area contributed by atoms with Crippen molar-refractivity contribution < 1.29 is 0 Å². The summed E-state index contributed by atoms with van der Waals surface area (Å²) in [5, 5.41) is 0.845. The SMILES string of the molecule is Cc1cnc(Cn2cnc3sc4c(c3c2=O)CCCCCC4)[nH]1. The smallest absolute Gasteiger partial charge is 0.262 e. The van der Waals surface area contributed by atoms with Crippen molar-refractivity contribution >= 4 is 21.6 Å². The molecule has 0 spiro atoms. The molecule has 6 heteroatoms. The topological polar surface area (TPSA) is 63.6 Å². The summed E-state index contributed by atoms with van der Waals surface area (Å²) in [5.74, 6) is 0.795. The third-order valence-corrected chi connectivity index (χ3v) is 5.72. The molecule has 3 aromatic heterocycles. The first-order chi connectivity index (χ1) is 11.2. The monoisotopic (exact) mass is 328 g/mol. The van der Waals surface area contributed by atoms with Crippen molar-refractivity contribution in [1.82, 2.24) is 19.5 Å². The fourth-order valence-corrected chi connectivity index (χ4v) is 4.58. The van der Waals surface area contributed by atoms with Gasteiger partial charge in [-0.1, -0.05) is 12.8 Å². The second kappa shape index (κ2) is 5.92. The predicted molar refractivity (Wildman–Crippen MR) is 92.2 cm³/mol. The zero-order chi connectivity index (χ0) is 15.8. The Morgan fingerprint density at radius 3 is 2.83 bits per heavy atom. The number of fused-ring (bicyclic) bond motifs is 3. The van der Waals surface area contributed by atoms with Gasteiger partial charge < -0.3 is 4.98 Å². The average molecular weight is 328 g/mol. The Balaban J connectivity index is 1.80. The lowest BCUT2D eigenvalue weighted by atomic mass is 9.98. The molecule has 4 rings (SSSR count). The largest absolute Gasteiger partial charge is 0.345 e. The van der Waals surface area contributed by atoms with Crippen molar-refractivity contribution in [3.05, 3.63) is 44.8 Å². The molecule has 0 atom stereocenters. The summed E-state index contributed by atoms with van der Waals surface area (Å²) in [6, 6.07) is 0. The molecule has 0 aromatic carbocycles. The van der Waals surface area contributed by atoms with E-state index in [2.05, 4.69) is 15.0 Å². The highest BCUT2D eigenvalue weighted by molar-refractivity contribution is 7.18. The maximum absolute atomic E-state index is 13.0. The molecule has 0 saturated carbocycles. The number of rotatable bonds is 2. The molecule has 0 fully saturated rings. The maximum Gasteiger partial charge on any atom is 0.262 e. The minimum Gasteiger partial charge on any atom is -0.345 e. The van der Waals surface area contributed by atoms with Gasteiger partial charge in [-0.25, -0.2) is 9.97 Å². The molecule has 0 amide bonds. The van der Waals surface area contributed by atoms with E-state index in [1.807, 2.05) is 6.92 Å². The van der Waals surface area contributed by atoms with Crippen LogP contribution < -0.4 is 5.56 Å². The number of thiophene rings is 1. The maximum atomic E-state index is 13.0. The van der Waals surface area contributed by atoms with E-state index in [9.17, 15) is 4.79 Å². The van der Waals surface area contributed by atoms with E-state index in [-0.39, 0.29) is 5.56 Å². The van der Waals surface area contributed by atoms with Gasteiger partial charge in [0.15, 0.2) is 0 Å². The molecule has 0 radical (unpaired) electrons. The number of H-pyrrole nitrogens is 1. The van der Waals surface area contributed by atoms with E-state index in [0.29, 0.717) is 6.54 Å². The van der Waals surface area contributed by atoms with Crippen LogP contribution in [0.3, 0.4) is 0 Å². The first-order valence-electron chi connectivity index (χ1n) is 8.22. The second-order valence-corrected chi connectivity index (χ2v) is 7.37. The van der Waals surface area contributed by atoms with Crippen molar-refractivity contribution in [2.24, 2.45) is 0 Å². The van der Waals surface area contributed by atoms with Gasteiger partial charge in [0.1, 0.15) is 10.7 Å². The molecular formula is C17H20N4OS. The number of aryl methyl sites for hydroxylation is 3. The van der Waals surface area contributed by atoms with Gasteiger partial charge in [0.2, 0.25) is 0 Å². The zero-order valence-electron chi connectivity index (χ0n) is 13.3. The van der Waals surface area contributed by atoms with Crippen LogP contribution in [0.15, 0.2) is 17.3 Å². The van der Waals surface area contributed by atoms with Crippen molar-refractivity contribution in [2.75, 3.05) is 0 Å². The van der Waals surface area contributed by atoms with Gasteiger partial charge in [0, 0.05) is 16.8 Å². The Bertz CT molecular complexity index is 905. The van der Waals surface area contributed by atoms with Gasteiger partial charge >= 0.3 is 0 Å². The highest BCUT2D eigenvalue weighted by Crippen LogP contribution is 2.32. The van der Waals surface area contributed by atoms with Crippen LogP contribution in [0.4, 0.5) is 0 Å². The summed E-state index contributed by atoms with van der Waals surface area (Å²) >= 11 is 1.71. The van der Waals surface area contributed by atoms with Crippen LogP contribution in [0.2, 0.25) is 0 Å². The number of nitrogens with zero attached hydrogens (tertiary/aromatic N) is 3. The van der Waals surface area contributed by atoms with E-state index in [1.165, 1.54) is 36.1 Å². The molecule has 120 valence electrons. The Morgan fingerprint density at radius 2 is 2.04 bits per heavy atom. The first-order valence-corrected chi connectivity index (χ1v) is 9.04. The summed E-state index contributed by atoms with van der Waals surface area (Å²) in [4.78, 5) is 27.3. The third kappa shape index (κ3) is 2.72. The van der Waals surface area contributed by atoms with Gasteiger partial charge in [-0.15, -0.1) is 11.3 Å². The highest BCUT2D eigenvalue weighted by Gasteiger charge is 2.18. The van der Waals surface area contributed by atoms with Crippen molar-refractivity contribution in [3.8, 4) is 0 Å². The van der Waals surface area contributed by atoms with Crippen molar-refractivity contribution in [2.45, 2.75) is 52.0 Å². The molecule has 0 bridgehead atoms. The lowest BCUT2D eigenvalue weighted by Crippen LogP contribution is -2.22. The van der Waals surface area contributed by atoms with Gasteiger partial charge in [-0.05, 0) is 38.2 Å². The predicted octanol–water partition coefficient (Wildman–Crippen LogP) is 3.20. The second-order valence-electron chi connectivity index (χ2n) is 6.29. The molecule has 0 aliphatic heterocycles. The lowest BCUT2D eigenvalue weighted by molar-refractivity contribution is 0.623. The van der Waals surface area contributed by atoms with Gasteiger partial charge in [-0.2, -0.15) is 0 Å². The quantitative estimate of drug-likeness (QED) is 0.786. The Morgan fingerprint density at radius 1 is 1.22 bits per heavy atom. The molecule has 23 heavy (non-hydrogen) atoms. The standard InChI is InChI=1S/C17H20N4OS/c1-11-8-18-14(20-11)9-21-10-19-16-15(17(21)22)12-6-4-2-3-5-7-13(12)23-16/h8,10H,2-7,9H2,1H3,(H,18,20). The fourth-order valence-electron chi connectivity index (χ4n) is 3.36. The van der Waals surface area contributed by atoms with E-state index < -0.39 is 0 Å². The van der Waals surface area contributed by atoms with Gasteiger partial charge in [0.25, 0.3) is 5.56 Å². The number of hydrogen-bond donors (Lipinski definition) is 1. The Hall–Kier alpha value is -1.95. The van der Waals surface area contributed by atoms with Crippen LogP contribution in [-0.4, -0.2) is 19.5 Å². The van der Waals surface area contributed by atoms with Crippen LogP contribution in [0.1, 0.15) is 47.6 Å². The summed E-state index contributed by atoms with van der Waals surface area (Å²) in [7, 11) is 0. The summed E-state index contributed by atoms with van der Waals surface area (Å²) in [6.07, 6.45) is 10.5. The molecule has 3 aromatic rings. The Kier molecular flexibility index (Phi) is 3.77. The minimum absolute atomic E-state index is 0.0714. The average Bonchev–Trinajstić information content (AvgIpc) is 3.06. The summed E-state index contributed by atoms with van der Waals surface area (Å²) < 4.78 is 1.67. The molecule has 0 saturated heterocycles. The molecule has 3 heterocycles. The third-order valence-electron chi connectivity index (χ3n) is 4.52.